The summed E-state index contributed by atoms with van der Waals surface area (Å²) in [6.07, 6.45) is 1.11. The number of hydrogen-bond donors (Lipinski definition) is 3. The van der Waals surface area contributed by atoms with E-state index in [9.17, 15) is 4.79 Å². The molecule has 0 unspecified atom stereocenters. The molecule has 1 aromatic carbocycles. The Labute approximate surface area is 165 Å². The van der Waals surface area contributed by atoms with Gasteiger partial charge in [0.05, 0.1) is 25.3 Å². The molecule has 1 saturated heterocycles. The van der Waals surface area contributed by atoms with Crippen LogP contribution < -0.4 is 20.7 Å². The Morgan fingerprint density at radius 1 is 1.22 bits per heavy atom. The average molecular weight is 394 g/mol. The maximum absolute atomic E-state index is 12.1. The van der Waals surface area contributed by atoms with Crippen LogP contribution in [0.5, 0.6) is 5.75 Å². The van der Waals surface area contributed by atoms with E-state index in [0.29, 0.717) is 31.4 Å². The number of ether oxygens (including phenoxy) is 3. The zero-order valence-corrected chi connectivity index (χ0v) is 16.8. The number of carbonyl (C=O) groups is 1. The molecular formula is C19H27N3O4S. The molecule has 0 radical (unpaired) electrons. The van der Waals surface area contributed by atoms with Gasteiger partial charge in [0.25, 0.3) is 0 Å². The molecule has 2 heterocycles. The van der Waals surface area contributed by atoms with E-state index in [-0.39, 0.29) is 12.1 Å². The van der Waals surface area contributed by atoms with E-state index in [1.54, 1.807) is 0 Å². The number of rotatable bonds is 3. The second-order valence-electron chi connectivity index (χ2n) is 7.70. The summed E-state index contributed by atoms with van der Waals surface area (Å²) in [6.45, 7) is 7.25. The van der Waals surface area contributed by atoms with Gasteiger partial charge in [-0.25, -0.2) is 4.79 Å². The van der Waals surface area contributed by atoms with Crippen molar-refractivity contribution in [2.45, 2.75) is 51.3 Å². The van der Waals surface area contributed by atoms with Crippen LogP contribution in [0, 0.1) is 0 Å². The summed E-state index contributed by atoms with van der Waals surface area (Å²) < 4.78 is 16.5. The van der Waals surface area contributed by atoms with Gasteiger partial charge in [-0.2, -0.15) is 0 Å². The number of fused-ring (bicyclic) bond motifs is 1. The lowest BCUT2D eigenvalue weighted by atomic mass is 10.0. The standard InChI is InChI=1S/C19H27N3O4S/c1-19(2,3)26-18(23)22-14-8-9-24-11-15(14)21-17(27)20-13-5-4-6-16-12(13)7-10-25-16/h4-6,14-15H,7-11H2,1-3H3,(H,22,23)(H2,20,21,27)/t14-,15+/m0/s1. The van der Waals surface area contributed by atoms with Gasteiger partial charge in [0.1, 0.15) is 11.4 Å². The highest BCUT2D eigenvalue weighted by Gasteiger charge is 2.29. The maximum Gasteiger partial charge on any atom is 0.407 e. The minimum absolute atomic E-state index is 0.127. The molecule has 7 nitrogen and oxygen atoms in total. The van der Waals surface area contributed by atoms with Crippen LogP contribution in [0.4, 0.5) is 10.5 Å². The lowest BCUT2D eigenvalue weighted by Gasteiger charge is -2.34. The molecule has 148 valence electrons. The molecular weight excluding hydrogens is 366 g/mol. The van der Waals surface area contributed by atoms with Crippen LogP contribution in [0.3, 0.4) is 0 Å². The van der Waals surface area contributed by atoms with Gasteiger partial charge < -0.3 is 30.2 Å². The Kier molecular flexibility index (Phi) is 6.06. The van der Waals surface area contributed by atoms with Crippen LogP contribution in [-0.2, 0) is 15.9 Å². The molecule has 0 aromatic heterocycles. The van der Waals surface area contributed by atoms with Crippen LogP contribution in [0.1, 0.15) is 32.8 Å². The quantitative estimate of drug-likeness (QED) is 0.681. The van der Waals surface area contributed by atoms with Crippen molar-refractivity contribution in [3.05, 3.63) is 23.8 Å². The van der Waals surface area contributed by atoms with E-state index in [2.05, 4.69) is 16.0 Å². The summed E-state index contributed by atoms with van der Waals surface area (Å²) >= 11 is 5.48. The highest BCUT2D eigenvalue weighted by molar-refractivity contribution is 7.80. The number of hydrogen-bond acceptors (Lipinski definition) is 5. The summed E-state index contributed by atoms with van der Waals surface area (Å²) in [6, 6.07) is 5.61. The number of nitrogens with one attached hydrogen (secondary N) is 3. The summed E-state index contributed by atoms with van der Waals surface area (Å²) in [4.78, 5) is 12.1. The third-order valence-electron chi connectivity index (χ3n) is 4.37. The Bertz CT molecular complexity index is 705. The minimum Gasteiger partial charge on any atom is -0.493 e. The van der Waals surface area contributed by atoms with Gasteiger partial charge in [-0.1, -0.05) is 6.07 Å². The Morgan fingerprint density at radius 2 is 2.04 bits per heavy atom. The molecule has 3 rings (SSSR count). The van der Waals surface area contributed by atoms with Crippen LogP contribution in [-0.4, -0.2) is 48.7 Å². The predicted molar refractivity (Wildman–Crippen MR) is 107 cm³/mol. The summed E-state index contributed by atoms with van der Waals surface area (Å²) in [5, 5.41) is 9.92. The van der Waals surface area contributed by atoms with Gasteiger partial charge in [-0.3, -0.25) is 0 Å². The molecule has 1 amide bonds. The normalized spacial score (nSPS) is 21.6. The van der Waals surface area contributed by atoms with Gasteiger partial charge in [0.15, 0.2) is 5.11 Å². The smallest absolute Gasteiger partial charge is 0.407 e. The Balaban J connectivity index is 1.58. The fraction of sp³-hybridized carbons (Fsp3) is 0.579. The molecule has 0 spiro atoms. The maximum atomic E-state index is 12.1. The molecule has 0 saturated carbocycles. The molecule has 0 aliphatic carbocycles. The summed E-state index contributed by atoms with van der Waals surface area (Å²) in [5.41, 5.74) is 1.53. The largest absolute Gasteiger partial charge is 0.493 e. The van der Waals surface area contributed by atoms with Crippen molar-refractivity contribution >= 4 is 29.1 Å². The molecule has 2 aliphatic heterocycles. The molecule has 1 aromatic rings. The van der Waals surface area contributed by atoms with E-state index in [1.165, 1.54) is 0 Å². The molecule has 8 heteroatoms. The van der Waals surface area contributed by atoms with Crippen molar-refractivity contribution in [2.75, 3.05) is 25.1 Å². The molecule has 0 bridgehead atoms. The second-order valence-corrected chi connectivity index (χ2v) is 8.11. The fourth-order valence-electron chi connectivity index (χ4n) is 3.18. The van der Waals surface area contributed by atoms with Crippen molar-refractivity contribution in [3.8, 4) is 5.75 Å². The first-order chi connectivity index (χ1) is 12.8. The van der Waals surface area contributed by atoms with Crippen LogP contribution in [0.15, 0.2) is 18.2 Å². The first kappa shape index (κ1) is 19.7. The van der Waals surface area contributed by atoms with Crippen molar-refractivity contribution in [3.63, 3.8) is 0 Å². The Hall–Kier alpha value is -2.06. The first-order valence-electron chi connectivity index (χ1n) is 9.21. The molecule has 3 N–H and O–H groups in total. The minimum atomic E-state index is -0.537. The van der Waals surface area contributed by atoms with Crippen molar-refractivity contribution in [1.29, 1.82) is 0 Å². The number of benzene rings is 1. The Morgan fingerprint density at radius 3 is 2.81 bits per heavy atom. The first-order valence-corrected chi connectivity index (χ1v) is 9.62. The number of alkyl carbamates (subject to hydrolysis) is 1. The SMILES string of the molecule is CC(C)(C)OC(=O)N[C@H]1CCOC[C@H]1NC(=S)Nc1cccc2c1CCO2. The third-order valence-corrected chi connectivity index (χ3v) is 4.59. The van der Waals surface area contributed by atoms with Gasteiger partial charge in [-0.15, -0.1) is 0 Å². The van der Waals surface area contributed by atoms with E-state index in [4.69, 9.17) is 26.4 Å². The molecule has 2 atom stereocenters. The lowest BCUT2D eigenvalue weighted by molar-refractivity contribution is 0.0316. The third kappa shape index (κ3) is 5.46. The predicted octanol–water partition coefficient (Wildman–Crippen LogP) is 2.59. The van der Waals surface area contributed by atoms with E-state index in [0.717, 1.165) is 23.4 Å². The zero-order valence-electron chi connectivity index (χ0n) is 16.0. The average Bonchev–Trinajstić information content (AvgIpc) is 3.04. The van der Waals surface area contributed by atoms with Crippen molar-refractivity contribution < 1.29 is 19.0 Å². The zero-order chi connectivity index (χ0) is 19.4. The topological polar surface area (TPSA) is 80.9 Å². The van der Waals surface area contributed by atoms with Gasteiger partial charge >= 0.3 is 6.09 Å². The van der Waals surface area contributed by atoms with Gasteiger partial charge in [-0.05, 0) is 51.5 Å². The number of anilines is 1. The van der Waals surface area contributed by atoms with Crippen LogP contribution >= 0.6 is 12.2 Å². The van der Waals surface area contributed by atoms with Crippen molar-refractivity contribution in [2.24, 2.45) is 0 Å². The molecule has 2 aliphatic rings. The van der Waals surface area contributed by atoms with Crippen LogP contribution in [0.2, 0.25) is 0 Å². The lowest BCUT2D eigenvalue weighted by Crippen LogP contribution is -2.57. The van der Waals surface area contributed by atoms with Gasteiger partial charge in [0.2, 0.25) is 0 Å². The monoisotopic (exact) mass is 393 g/mol. The molecule has 27 heavy (non-hydrogen) atoms. The van der Waals surface area contributed by atoms with E-state index in [1.807, 2.05) is 39.0 Å². The number of carbonyl (C=O) groups excluding carboxylic acids is 1. The van der Waals surface area contributed by atoms with E-state index < -0.39 is 11.7 Å². The summed E-state index contributed by atoms with van der Waals surface area (Å²) in [5.74, 6) is 0.897. The highest BCUT2D eigenvalue weighted by Crippen LogP contribution is 2.31. The summed E-state index contributed by atoms with van der Waals surface area (Å²) in [7, 11) is 0. The highest BCUT2D eigenvalue weighted by atomic mass is 32.1. The van der Waals surface area contributed by atoms with Crippen molar-refractivity contribution in [1.82, 2.24) is 10.6 Å². The van der Waals surface area contributed by atoms with Gasteiger partial charge in [0, 0.05) is 24.3 Å². The number of thiocarbonyl (C=S) groups is 1. The number of amides is 1. The molecule has 1 fully saturated rings. The second kappa shape index (κ2) is 8.31. The van der Waals surface area contributed by atoms with Crippen LogP contribution in [0.25, 0.3) is 0 Å². The van der Waals surface area contributed by atoms with E-state index >= 15 is 0 Å². The fourth-order valence-corrected chi connectivity index (χ4v) is 3.44.